The summed E-state index contributed by atoms with van der Waals surface area (Å²) in [5.41, 5.74) is 0. The second-order valence-corrected chi connectivity index (χ2v) is 6.38. The monoisotopic (exact) mass is 324 g/mol. The van der Waals surface area contributed by atoms with Gasteiger partial charge in [-0.1, -0.05) is 96.6 Å². The maximum absolute atomic E-state index is 5.12. The van der Waals surface area contributed by atoms with Crippen molar-refractivity contribution in [1.29, 1.82) is 0 Å². The molecule has 0 saturated carbocycles. The molecule has 0 aliphatic heterocycles. The summed E-state index contributed by atoms with van der Waals surface area (Å²) in [6, 6.07) is 0. The van der Waals surface area contributed by atoms with Crippen LogP contribution in [0.5, 0.6) is 0 Å². The second kappa shape index (κ2) is 21.1. The van der Waals surface area contributed by atoms with Crippen molar-refractivity contribution in [3.8, 4) is 0 Å². The first-order valence-electron chi connectivity index (χ1n) is 9.87. The van der Waals surface area contributed by atoms with Crippen LogP contribution in [-0.2, 0) is 9.47 Å². The van der Waals surface area contributed by atoms with Gasteiger partial charge in [0, 0.05) is 0 Å². The Bertz CT molecular complexity index is 214. The summed E-state index contributed by atoms with van der Waals surface area (Å²) in [6.07, 6.45) is 23.5. The van der Waals surface area contributed by atoms with Crippen molar-refractivity contribution in [3.05, 3.63) is 25.7 Å². The Morgan fingerprint density at radius 3 is 0.826 bits per heavy atom. The topological polar surface area (TPSA) is 18.5 Å². The van der Waals surface area contributed by atoms with Gasteiger partial charge in [0.05, 0.1) is 25.7 Å². The lowest BCUT2D eigenvalue weighted by atomic mass is 10.0. The number of unbranched alkanes of at least 4 members (excludes halogenated alkanes) is 14. The van der Waals surface area contributed by atoms with Gasteiger partial charge in [0.2, 0.25) is 0 Å². The molecule has 136 valence electrons. The predicted octanol–water partition coefficient (Wildman–Crippen LogP) is 7.16. The maximum Gasteiger partial charge on any atom is 0.0873 e. The van der Waals surface area contributed by atoms with Crippen molar-refractivity contribution in [1.82, 2.24) is 0 Å². The van der Waals surface area contributed by atoms with Crippen LogP contribution in [0.1, 0.15) is 96.3 Å². The van der Waals surface area contributed by atoms with Gasteiger partial charge in [-0.05, 0) is 12.8 Å². The van der Waals surface area contributed by atoms with E-state index < -0.39 is 0 Å². The Kier molecular flexibility index (Phi) is 20.2. The van der Waals surface area contributed by atoms with Crippen molar-refractivity contribution in [3.63, 3.8) is 0 Å². The lowest BCUT2D eigenvalue weighted by molar-refractivity contribution is 0.241. The summed E-state index contributed by atoms with van der Waals surface area (Å²) in [5, 5.41) is 0. The SMILES string of the molecule is C=COCCCCCCCCCCCCCCCCCOC=C. The molecule has 0 N–H and O–H groups in total. The smallest absolute Gasteiger partial charge is 0.0873 e. The molecule has 0 rings (SSSR count). The van der Waals surface area contributed by atoms with Crippen LogP contribution >= 0.6 is 0 Å². The number of ether oxygens (including phenoxy) is 2. The minimum atomic E-state index is 0.839. The maximum atomic E-state index is 5.12. The molecule has 0 unspecified atom stereocenters. The van der Waals surface area contributed by atoms with E-state index in [1.165, 1.54) is 96.3 Å². The third-order valence-electron chi connectivity index (χ3n) is 4.26. The zero-order valence-electron chi connectivity index (χ0n) is 15.4. The van der Waals surface area contributed by atoms with Crippen molar-refractivity contribution in [2.75, 3.05) is 13.2 Å². The van der Waals surface area contributed by atoms with Gasteiger partial charge in [0.1, 0.15) is 0 Å². The van der Waals surface area contributed by atoms with E-state index in [-0.39, 0.29) is 0 Å². The van der Waals surface area contributed by atoms with E-state index in [0.717, 1.165) is 13.2 Å². The summed E-state index contributed by atoms with van der Waals surface area (Å²) in [7, 11) is 0. The van der Waals surface area contributed by atoms with Gasteiger partial charge < -0.3 is 9.47 Å². The molecule has 0 amide bonds. The molecule has 0 atom stereocenters. The van der Waals surface area contributed by atoms with E-state index in [0.29, 0.717) is 0 Å². The molecule has 0 heterocycles. The Balaban J connectivity index is 2.94. The fourth-order valence-corrected chi connectivity index (χ4v) is 2.84. The zero-order chi connectivity index (χ0) is 16.8. The largest absolute Gasteiger partial charge is 0.502 e. The second-order valence-electron chi connectivity index (χ2n) is 6.38. The van der Waals surface area contributed by atoms with E-state index >= 15 is 0 Å². The third-order valence-corrected chi connectivity index (χ3v) is 4.26. The number of hydrogen-bond acceptors (Lipinski definition) is 2. The Hall–Kier alpha value is -0.920. The molecular weight excluding hydrogens is 284 g/mol. The van der Waals surface area contributed by atoms with Gasteiger partial charge >= 0.3 is 0 Å². The van der Waals surface area contributed by atoms with Crippen LogP contribution in [0.15, 0.2) is 25.7 Å². The predicted molar refractivity (Wildman–Crippen MR) is 102 cm³/mol. The molecule has 0 spiro atoms. The van der Waals surface area contributed by atoms with Gasteiger partial charge in [0.15, 0.2) is 0 Å². The Morgan fingerprint density at radius 2 is 0.609 bits per heavy atom. The van der Waals surface area contributed by atoms with Gasteiger partial charge in [0.25, 0.3) is 0 Å². The summed E-state index contributed by atoms with van der Waals surface area (Å²) in [4.78, 5) is 0. The molecule has 0 aromatic heterocycles. The Morgan fingerprint density at radius 1 is 0.391 bits per heavy atom. The normalized spacial score (nSPS) is 10.4. The minimum absolute atomic E-state index is 0.839. The lowest BCUT2D eigenvalue weighted by Crippen LogP contribution is -1.88. The van der Waals surface area contributed by atoms with Gasteiger partial charge in [-0.15, -0.1) is 0 Å². The molecule has 0 fully saturated rings. The molecule has 2 nitrogen and oxygen atoms in total. The first kappa shape index (κ1) is 22.1. The quantitative estimate of drug-likeness (QED) is 0.175. The van der Waals surface area contributed by atoms with E-state index in [1.807, 2.05) is 0 Å². The molecule has 0 aliphatic carbocycles. The molecule has 0 aromatic carbocycles. The molecular formula is C21H40O2. The van der Waals surface area contributed by atoms with Crippen LogP contribution in [0.2, 0.25) is 0 Å². The standard InChI is InChI=1S/C21H40O2/c1-3-22-20-18-16-14-12-10-8-6-5-7-9-11-13-15-17-19-21-23-4-2/h3-4H,1-2,5-21H2. The first-order valence-corrected chi connectivity index (χ1v) is 9.87. The van der Waals surface area contributed by atoms with Gasteiger partial charge in [-0.3, -0.25) is 0 Å². The van der Waals surface area contributed by atoms with E-state index in [1.54, 1.807) is 12.5 Å². The van der Waals surface area contributed by atoms with E-state index in [2.05, 4.69) is 13.2 Å². The van der Waals surface area contributed by atoms with E-state index in [4.69, 9.17) is 9.47 Å². The van der Waals surface area contributed by atoms with Crippen molar-refractivity contribution >= 4 is 0 Å². The summed E-state index contributed by atoms with van der Waals surface area (Å²) < 4.78 is 10.2. The number of rotatable bonds is 20. The average Bonchev–Trinajstić information content (AvgIpc) is 2.57. The van der Waals surface area contributed by atoms with Crippen LogP contribution in [-0.4, -0.2) is 13.2 Å². The summed E-state index contributed by atoms with van der Waals surface area (Å²) in [6.45, 7) is 8.77. The minimum Gasteiger partial charge on any atom is -0.502 e. The molecule has 0 saturated heterocycles. The van der Waals surface area contributed by atoms with Crippen LogP contribution in [0.25, 0.3) is 0 Å². The van der Waals surface area contributed by atoms with Crippen molar-refractivity contribution in [2.45, 2.75) is 96.3 Å². The lowest BCUT2D eigenvalue weighted by Gasteiger charge is -2.04. The fourth-order valence-electron chi connectivity index (χ4n) is 2.84. The zero-order valence-corrected chi connectivity index (χ0v) is 15.4. The van der Waals surface area contributed by atoms with E-state index in [9.17, 15) is 0 Å². The van der Waals surface area contributed by atoms with Crippen LogP contribution in [0.4, 0.5) is 0 Å². The third kappa shape index (κ3) is 21.1. The van der Waals surface area contributed by atoms with Crippen LogP contribution < -0.4 is 0 Å². The summed E-state index contributed by atoms with van der Waals surface area (Å²) in [5.74, 6) is 0. The molecule has 2 heteroatoms. The number of hydrogen-bond donors (Lipinski definition) is 0. The van der Waals surface area contributed by atoms with Crippen LogP contribution in [0.3, 0.4) is 0 Å². The molecule has 23 heavy (non-hydrogen) atoms. The highest BCUT2D eigenvalue weighted by Gasteiger charge is 1.94. The summed E-state index contributed by atoms with van der Waals surface area (Å²) >= 11 is 0. The molecule has 0 bridgehead atoms. The Labute approximate surface area is 145 Å². The molecule has 0 aromatic rings. The molecule has 0 aliphatic rings. The van der Waals surface area contributed by atoms with Gasteiger partial charge in [-0.25, -0.2) is 0 Å². The molecule has 0 radical (unpaired) electrons. The average molecular weight is 325 g/mol. The first-order chi connectivity index (χ1) is 11.4. The highest BCUT2D eigenvalue weighted by Crippen LogP contribution is 2.13. The highest BCUT2D eigenvalue weighted by molar-refractivity contribution is 4.52. The highest BCUT2D eigenvalue weighted by atomic mass is 16.5. The fraction of sp³-hybridized carbons (Fsp3) is 0.810. The van der Waals surface area contributed by atoms with Gasteiger partial charge in [-0.2, -0.15) is 0 Å². The van der Waals surface area contributed by atoms with Crippen LogP contribution in [0, 0.1) is 0 Å². The van der Waals surface area contributed by atoms with Crippen molar-refractivity contribution in [2.24, 2.45) is 0 Å². The van der Waals surface area contributed by atoms with Crippen molar-refractivity contribution < 1.29 is 9.47 Å².